The molecule has 19 heavy (non-hydrogen) atoms. The molecule has 0 amide bonds. The fourth-order valence-corrected chi connectivity index (χ4v) is 4.32. The molecule has 1 saturated heterocycles. The third-order valence-electron chi connectivity index (χ3n) is 3.52. The zero-order valence-electron chi connectivity index (χ0n) is 11.0. The van der Waals surface area contributed by atoms with Gasteiger partial charge in [0.1, 0.15) is 5.82 Å². The van der Waals surface area contributed by atoms with E-state index in [1.54, 1.807) is 0 Å². The van der Waals surface area contributed by atoms with Gasteiger partial charge in [0.15, 0.2) is 0 Å². The summed E-state index contributed by atoms with van der Waals surface area (Å²) in [5.41, 5.74) is 5.55. The Labute approximate surface area is 113 Å². The van der Waals surface area contributed by atoms with Gasteiger partial charge in [-0.1, -0.05) is 13.0 Å². The zero-order chi connectivity index (χ0) is 14.0. The second kappa shape index (κ2) is 5.56. The SMILES string of the molecule is CC1CCCN(S(=O)(=O)c2cccc(F)c2CN)C1. The minimum Gasteiger partial charge on any atom is -0.326 e. The van der Waals surface area contributed by atoms with E-state index >= 15 is 0 Å². The molecule has 1 fully saturated rings. The van der Waals surface area contributed by atoms with E-state index in [9.17, 15) is 12.8 Å². The van der Waals surface area contributed by atoms with Crippen molar-refractivity contribution in [1.82, 2.24) is 4.31 Å². The largest absolute Gasteiger partial charge is 0.326 e. The highest BCUT2D eigenvalue weighted by Gasteiger charge is 2.30. The van der Waals surface area contributed by atoms with Crippen LogP contribution in [-0.2, 0) is 16.6 Å². The summed E-state index contributed by atoms with van der Waals surface area (Å²) in [4.78, 5) is 0.00380. The van der Waals surface area contributed by atoms with E-state index in [4.69, 9.17) is 5.73 Å². The molecule has 1 atom stereocenters. The molecule has 0 aromatic heterocycles. The van der Waals surface area contributed by atoms with Crippen LogP contribution in [0.3, 0.4) is 0 Å². The second-order valence-electron chi connectivity index (χ2n) is 5.03. The van der Waals surface area contributed by atoms with Crippen molar-refractivity contribution in [2.45, 2.75) is 31.2 Å². The molecule has 0 spiro atoms. The van der Waals surface area contributed by atoms with Gasteiger partial charge in [-0.25, -0.2) is 12.8 Å². The van der Waals surface area contributed by atoms with Crippen LogP contribution in [-0.4, -0.2) is 25.8 Å². The first-order chi connectivity index (χ1) is 8.96. The van der Waals surface area contributed by atoms with Gasteiger partial charge in [0, 0.05) is 25.2 Å². The number of hydrogen-bond donors (Lipinski definition) is 1. The van der Waals surface area contributed by atoms with E-state index in [-0.39, 0.29) is 17.0 Å². The molecular formula is C13H19FN2O2S. The molecule has 1 aliphatic rings. The van der Waals surface area contributed by atoms with Gasteiger partial charge < -0.3 is 5.73 Å². The number of sulfonamides is 1. The van der Waals surface area contributed by atoms with Gasteiger partial charge in [0.25, 0.3) is 0 Å². The molecule has 6 heteroatoms. The van der Waals surface area contributed by atoms with Crippen molar-refractivity contribution in [1.29, 1.82) is 0 Å². The Balaban J connectivity index is 2.42. The number of halogens is 1. The number of nitrogens with two attached hydrogens (primary N) is 1. The number of piperidine rings is 1. The molecule has 106 valence electrons. The zero-order valence-corrected chi connectivity index (χ0v) is 11.8. The lowest BCUT2D eigenvalue weighted by Gasteiger charge is -2.30. The topological polar surface area (TPSA) is 63.4 Å². The molecule has 0 saturated carbocycles. The van der Waals surface area contributed by atoms with E-state index in [0.717, 1.165) is 12.8 Å². The minimum absolute atomic E-state index is 0.00380. The second-order valence-corrected chi connectivity index (χ2v) is 6.94. The van der Waals surface area contributed by atoms with Crippen molar-refractivity contribution >= 4 is 10.0 Å². The predicted molar refractivity (Wildman–Crippen MR) is 71.4 cm³/mol. The van der Waals surface area contributed by atoms with E-state index in [2.05, 4.69) is 0 Å². The monoisotopic (exact) mass is 286 g/mol. The standard InChI is InChI=1S/C13H19FN2O2S/c1-10-4-3-7-16(9-10)19(17,18)13-6-2-5-12(14)11(13)8-15/h2,5-6,10H,3-4,7-9,15H2,1H3. The predicted octanol–water partition coefficient (Wildman–Crippen LogP) is 1.71. The van der Waals surface area contributed by atoms with Crippen molar-refractivity contribution < 1.29 is 12.8 Å². The maximum Gasteiger partial charge on any atom is 0.243 e. The molecule has 2 N–H and O–H groups in total. The number of rotatable bonds is 3. The normalized spacial score (nSPS) is 21.5. The van der Waals surface area contributed by atoms with E-state index in [1.165, 1.54) is 22.5 Å². The van der Waals surface area contributed by atoms with E-state index in [1.807, 2.05) is 6.92 Å². The van der Waals surface area contributed by atoms with Crippen LogP contribution in [0.2, 0.25) is 0 Å². The first kappa shape index (κ1) is 14.4. The van der Waals surface area contributed by atoms with Gasteiger partial charge in [-0.05, 0) is 30.9 Å². The summed E-state index contributed by atoms with van der Waals surface area (Å²) in [5, 5.41) is 0. The van der Waals surface area contributed by atoms with Crippen molar-refractivity contribution in [3.05, 3.63) is 29.6 Å². The van der Waals surface area contributed by atoms with Crippen LogP contribution in [0.25, 0.3) is 0 Å². The Hall–Kier alpha value is -0.980. The van der Waals surface area contributed by atoms with Crippen LogP contribution in [0.5, 0.6) is 0 Å². The highest BCUT2D eigenvalue weighted by molar-refractivity contribution is 7.89. The maximum absolute atomic E-state index is 13.7. The fraction of sp³-hybridized carbons (Fsp3) is 0.538. The quantitative estimate of drug-likeness (QED) is 0.920. The lowest BCUT2D eigenvalue weighted by molar-refractivity contribution is 0.281. The molecule has 1 aliphatic heterocycles. The molecule has 1 unspecified atom stereocenters. The van der Waals surface area contributed by atoms with Crippen LogP contribution in [0.15, 0.2) is 23.1 Å². The van der Waals surface area contributed by atoms with Crippen LogP contribution in [0, 0.1) is 11.7 Å². The van der Waals surface area contributed by atoms with Crippen LogP contribution in [0.4, 0.5) is 4.39 Å². The van der Waals surface area contributed by atoms with Gasteiger partial charge in [-0.3, -0.25) is 0 Å². The Bertz CT molecular complexity index is 560. The minimum atomic E-state index is -3.65. The fourth-order valence-electron chi connectivity index (χ4n) is 2.48. The molecule has 0 radical (unpaired) electrons. The highest BCUT2D eigenvalue weighted by atomic mass is 32.2. The lowest BCUT2D eigenvalue weighted by atomic mass is 10.0. The Kier molecular flexibility index (Phi) is 4.23. The number of hydrogen-bond acceptors (Lipinski definition) is 3. The molecule has 1 aromatic carbocycles. The Morgan fingerprint density at radius 1 is 1.47 bits per heavy atom. The van der Waals surface area contributed by atoms with Gasteiger partial charge in [0.05, 0.1) is 4.90 Å². The summed E-state index contributed by atoms with van der Waals surface area (Å²) < 4.78 is 40.2. The maximum atomic E-state index is 13.7. The molecular weight excluding hydrogens is 267 g/mol. The van der Waals surface area contributed by atoms with Crippen molar-refractivity contribution in [3.63, 3.8) is 0 Å². The number of nitrogens with zero attached hydrogens (tertiary/aromatic N) is 1. The van der Waals surface area contributed by atoms with E-state index in [0.29, 0.717) is 19.0 Å². The average molecular weight is 286 g/mol. The Morgan fingerprint density at radius 2 is 2.21 bits per heavy atom. The third-order valence-corrected chi connectivity index (χ3v) is 5.47. The average Bonchev–Trinajstić information content (AvgIpc) is 2.38. The first-order valence-electron chi connectivity index (χ1n) is 6.44. The molecule has 0 aliphatic carbocycles. The van der Waals surface area contributed by atoms with Gasteiger partial charge in [0.2, 0.25) is 10.0 Å². The van der Waals surface area contributed by atoms with Crippen LogP contribution in [0.1, 0.15) is 25.3 Å². The summed E-state index contributed by atoms with van der Waals surface area (Å²) in [6.07, 6.45) is 1.87. The third kappa shape index (κ3) is 2.80. The summed E-state index contributed by atoms with van der Waals surface area (Å²) in [6, 6.07) is 4.08. The van der Waals surface area contributed by atoms with Gasteiger partial charge >= 0.3 is 0 Å². The van der Waals surface area contributed by atoms with Gasteiger partial charge in [-0.2, -0.15) is 4.31 Å². The Morgan fingerprint density at radius 3 is 2.84 bits per heavy atom. The summed E-state index contributed by atoms with van der Waals surface area (Å²) in [6.45, 7) is 2.89. The molecule has 0 bridgehead atoms. The molecule has 4 nitrogen and oxygen atoms in total. The molecule has 2 rings (SSSR count). The van der Waals surface area contributed by atoms with Crippen molar-refractivity contribution in [2.75, 3.05) is 13.1 Å². The van der Waals surface area contributed by atoms with Crippen LogP contribution < -0.4 is 5.73 Å². The lowest BCUT2D eigenvalue weighted by Crippen LogP contribution is -2.39. The smallest absolute Gasteiger partial charge is 0.243 e. The van der Waals surface area contributed by atoms with Crippen LogP contribution >= 0.6 is 0 Å². The number of benzene rings is 1. The summed E-state index contributed by atoms with van der Waals surface area (Å²) in [7, 11) is -3.65. The summed E-state index contributed by atoms with van der Waals surface area (Å²) in [5.74, 6) is -0.230. The molecule has 1 heterocycles. The molecule has 1 aromatic rings. The van der Waals surface area contributed by atoms with Crippen molar-refractivity contribution in [3.8, 4) is 0 Å². The summed E-state index contributed by atoms with van der Waals surface area (Å²) >= 11 is 0. The van der Waals surface area contributed by atoms with Crippen molar-refractivity contribution in [2.24, 2.45) is 11.7 Å². The van der Waals surface area contributed by atoms with Gasteiger partial charge in [-0.15, -0.1) is 0 Å². The van der Waals surface area contributed by atoms with E-state index < -0.39 is 15.8 Å². The first-order valence-corrected chi connectivity index (χ1v) is 7.88. The highest BCUT2D eigenvalue weighted by Crippen LogP contribution is 2.26.